The molecule has 0 aliphatic rings. The first kappa shape index (κ1) is 13.9. The van der Waals surface area contributed by atoms with Gasteiger partial charge in [0.15, 0.2) is 18.8 Å². The lowest BCUT2D eigenvalue weighted by Crippen LogP contribution is -2.23. The second-order valence-corrected chi connectivity index (χ2v) is 3.76. The number of oxazole rings is 1. The van der Waals surface area contributed by atoms with Crippen LogP contribution in [0.5, 0.6) is 0 Å². The summed E-state index contributed by atoms with van der Waals surface area (Å²) >= 11 is 0. The summed E-state index contributed by atoms with van der Waals surface area (Å²) in [5, 5.41) is 2.19. The molecule has 0 unspecified atom stereocenters. The van der Waals surface area contributed by atoms with Crippen molar-refractivity contribution in [1.29, 1.82) is 0 Å². The average molecular weight is 286 g/mol. The van der Waals surface area contributed by atoms with Crippen molar-refractivity contribution in [2.75, 3.05) is 11.9 Å². The number of nitrogens with one attached hydrogen (secondary N) is 1. The van der Waals surface area contributed by atoms with E-state index in [0.29, 0.717) is 11.3 Å². The Balaban J connectivity index is 2.00. The summed E-state index contributed by atoms with van der Waals surface area (Å²) in [6, 6.07) is 6.34. The largest absolute Gasteiger partial charge is 0.444 e. The lowest BCUT2D eigenvalue weighted by molar-refractivity contribution is -0.159. The molecule has 1 heterocycles. The van der Waals surface area contributed by atoms with Crippen molar-refractivity contribution in [3.05, 3.63) is 36.9 Å². The van der Waals surface area contributed by atoms with E-state index in [0.717, 1.165) is 0 Å². The number of nitrogens with zero attached hydrogens (tertiary/aromatic N) is 1. The van der Waals surface area contributed by atoms with Gasteiger partial charge in [-0.15, -0.1) is 0 Å². The Morgan fingerprint density at radius 3 is 2.85 bits per heavy atom. The smallest absolute Gasteiger partial charge is 0.422 e. The maximum Gasteiger partial charge on any atom is 0.422 e. The minimum absolute atomic E-state index is 0.283. The van der Waals surface area contributed by atoms with Gasteiger partial charge in [-0.3, -0.25) is 5.32 Å². The molecule has 0 spiro atoms. The highest BCUT2D eigenvalue weighted by Crippen LogP contribution is 2.22. The summed E-state index contributed by atoms with van der Waals surface area (Å²) in [5.41, 5.74) is 0.905. The number of anilines is 1. The van der Waals surface area contributed by atoms with Crippen molar-refractivity contribution in [2.24, 2.45) is 0 Å². The number of amides is 1. The van der Waals surface area contributed by atoms with Crippen molar-refractivity contribution >= 4 is 11.8 Å². The van der Waals surface area contributed by atoms with Gasteiger partial charge in [0.2, 0.25) is 0 Å². The summed E-state index contributed by atoms with van der Waals surface area (Å²) in [6.07, 6.45) is -3.02. The quantitative estimate of drug-likeness (QED) is 0.938. The normalized spacial score (nSPS) is 11.2. The van der Waals surface area contributed by atoms with Crippen molar-refractivity contribution < 1.29 is 27.1 Å². The molecular formula is C12H9F3N2O3. The highest BCUT2D eigenvalue weighted by atomic mass is 19.4. The van der Waals surface area contributed by atoms with Crippen LogP contribution in [0.4, 0.5) is 23.7 Å². The van der Waals surface area contributed by atoms with E-state index in [1.807, 2.05) is 0 Å². The molecular weight excluding hydrogens is 277 g/mol. The number of halogens is 3. The van der Waals surface area contributed by atoms with Crippen LogP contribution < -0.4 is 5.32 Å². The summed E-state index contributed by atoms with van der Waals surface area (Å²) in [6.45, 7) is -1.64. The topological polar surface area (TPSA) is 64.4 Å². The van der Waals surface area contributed by atoms with Gasteiger partial charge in [0.1, 0.15) is 0 Å². The molecule has 106 valence electrons. The van der Waals surface area contributed by atoms with Crippen LogP contribution >= 0.6 is 0 Å². The third-order valence-corrected chi connectivity index (χ3v) is 2.19. The third kappa shape index (κ3) is 4.01. The molecule has 0 saturated heterocycles. The molecule has 0 atom stereocenters. The zero-order valence-corrected chi connectivity index (χ0v) is 9.98. The molecule has 0 aliphatic carbocycles. The van der Waals surface area contributed by atoms with Gasteiger partial charge in [-0.1, -0.05) is 12.1 Å². The van der Waals surface area contributed by atoms with Crippen LogP contribution in [-0.2, 0) is 4.74 Å². The zero-order valence-electron chi connectivity index (χ0n) is 9.98. The molecule has 20 heavy (non-hydrogen) atoms. The van der Waals surface area contributed by atoms with Crippen molar-refractivity contribution in [1.82, 2.24) is 4.98 Å². The van der Waals surface area contributed by atoms with E-state index >= 15 is 0 Å². The molecule has 1 amide bonds. The van der Waals surface area contributed by atoms with Crippen LogP contribution in [0.2, 0.25) is 0 Å². The second kappa shape index (κ2) is 5.64. The molecule has 0 bridgehead atoms. The summed E-state index contributed by atoms with van der Waals surface area (Å²) in [7, 11) is 0. The Hall–Kier alpha value is -2.51. The van der Waals surface area contributed by atoms with Gasteiger partial charge in [0.25, 0.3) is 0 Å². The van der Waals surface area contributed by atoms with Gasteiger partial charge < -0.3 is 9.15 Å². The van der Waals surface area contributed by atoms with Crippen LogP contribution in [0.15, 0.2) is 41.3 Å². The van der Waals surface area contributed by atoms with Crippen LogP contribution in [0.25, 0.3) is 11.3 Å². The molecule has 2 aromatic rings. The van der Waals surface area contributed by atoms with Crippen molar-refractivity contribution in [3.63, 3.8) is 0 Å². The predicted octanol–water partition coefficient (Wildman–Crippen LogP) is 3.45. The zero-order chi connectivity index (χ0) is 14.6. The van der Waals surface area contributed by atoms with Gasteiger partial charge in [-0.25, -0.2) is 9.78 Å². The Morgan fingerprint density at radius 2 is 2.20 bits per heavy atom. The van der Waals surface area contributed by atoms with E-state index in [1.165, 1.54) is 24.7 Å². The standard InChI is InChI=1S/C12H9F3N2O3/c13-12(14,15)6-19-11(18)17-9-3-1-2-8(4-9)10-5-16-7-20-10/h1-5,7H,6H2,(H,17,18). The molecule has 0 fully saturated rings. The number of benzene rings is 1. The third-order valence-electron chi connectivity index (χ3n) is 2.19. The number of carbonyl (C=O) groups is 1. The van der Waals surface area contributed by atoms with Crippen LogP contribution in [0, 0.1) is 0 Å². The summed E-state index contributed by atoms with van der Waals surface area (Å²) < 4.78 is 44.7. The number of aromatic nitrogens is 1. The first-order valence-corrected chi connectivity index (χ1v) is 5.43. The summed E-state index contributed by atoms with van der Waals surface area (Å²) in [4.78, 5) is 14.9. The van der Waals surface area contributed by atoms with E-state index in [2.05, 4.69) is 15.0 Å². The Labute approximate surface area is 111 Å². The molecule has 8 heteroatoms. The molecule has 1 aromatic heterocycles. The molecule has 2 rings (SSSR count). The van der Waals surface area contributed by atoms with E-state index in [1.54, 1.807) is 12.1 Å². The minimum Gasteiger partial charge on any atom is -0.444 e. The number of rotatable bonds is 3. The molecule has 0 aliphatic heterocycles. The van der Waals surface area contributed by atoms with Gasteiger partial charge in [0.05, 0.1) is 6.20 Å². The number of hydrogen-bond donors (Lipinski definition) is 1. The lowest BCUT2D eigenvalue weighted by atomic mass is 10.1. The highest BCUT2D eigenvalue weighted by molar-refractivity contribution is 5.85. The Kier molecular flexibility index (Phi) is 3.92. The fourth-order valence-electron chi connectivity index (χ4n) is 1.41. The Bertz CT molecular complexity index is 582. The second-order valence-electron chi connectivity index (χ2n) is 3.76. The lowest BCUT2D eigenvalue weighted by Gasteiger charge is -2.09. The van der Waals surface area contributed by atoms with Gasteiger partial charge in [-0.2, -0.15) is 13.2 Å². The molecule has 5 nitrogen and oxygen atoms in total. The van der Waals surface area contributed by atoms with E-state index in [-0.39, 0.29) is 5.69 Å². The SMILES string of the molecule is O=C(Nc1cccc(-c2cnco2)c1)OCC(F)(F)F. The maximum atomic E-state index is 11.9. The van der Waals surface area contributed by atoms with E-state index in [9.17, 15) is 18.0 Å². The van der Waals surface area contributed by atoms with Crippen LogP contribution in [-0.4, -0.2) is 23.9 Å². The Morgan fingerprint density at radius 1 is 1.40 bits per heavy atom. The monoisotopic (exact) mass is 286 g/mol. The number of ether oxygens (including phenoxy) is 1. The first-order valence-electron chi connectivity index (χ1n) is 5.43. The minimum atomic E-state index is -4.56. The fraction of sp³-hybridized carbons (Fsp3) is 0.167. The molecule has 1 aromatic carbocycles. The number of carbonyl (C=O) groups excluding carboxylic acids is 1. The van der Waals surface area contributed by atoms with E-state index in [4.69, 9.17) is 4.42 Å². The summed E-state index contributed by atoms with van der Waals surface area (Å²) in [5.74, 6) is 0.470. The maximum absolute atomic E-state index is 11.9. The molecule has 1 N–H and O–H groups in total. The first-order chi connectivity index (χ1) is 9.44. The van der Waals surface area contributed by atoms with Crippen molar-refractivity contribution in [3.8, 4) is 11.3 Å². The van der Waals surface area contributed by atoms with E-state index < -0.39 is 18.9 Å². The molecule has 0 radical (unpaired) electrons. The van der Waals surface area contributed by atoms with Gasteiger partial charge >= 0.3 is 12.3 Å². The van der Waals surface area contributed by atoms with Crippen molar-refractivity contribution in [2.45, 2.75) is 6.18 Å². The molecule has 0 saturated carbocycles. The van der Waals surface area contributed by atoms with Crippen LogP contribution in [0.3, 0.4) is 0 Å². The highest BCUT2D eigenvalue weighted by Gasteiger charge is 2.29. The fourth-order valence-corrected chi connectivity index (χ4v) is 1.41. The number of alkyl halides is 3. The number of hydrogen-bond acceptors (Lipinski definition) is 4. The van der Waals surface area contributed by atoms with Gasteiger partial charge in [0, 0.05) is 11.3 Å². The average Bonchev–Trinajstić information content (AvgIpc) is 2.90. The van der Waals surface area contributed by atoms with Gasteiger partial charge in [-0.05, 0) is 12.1 Å². The van der Waals surface area contributed by atoms with Crippen LogP contribution in [0.1, 0.15) is 0 Å². The predicted molar refractivity (Wildman–Crippen MR) is 63.0 cm³/mol.